The van der Waals surface area contributed by atoms with Crippen LogP contribution in [-0.4, -0.2) is 24.1 Å². The van der Waals surface area contributed by atoms with E-state index in [1.807, 2.05) is 100 Å². The summed E-state index contributed by atoms with van der Waals surface area (Å²) in [5, 5.41) is 3.52. The Balaban J connectivity index is 1.63. The first-order chi connectivity index (χ1) is 22.9. The van der Waals surface area contributed by atoms with E-state index in [4.69, 9.17) is 0 Å². The van der Waals surface area contributed by atoms with E-state index in [9.17, 15) is 0 Å². The van der Waals surface area contributed by atoms with E-state index in [-0.39, 0.29) is 11.4 Å². The van der Waals surface area contributed by atoms with Gasteiger partial charge in [-0.2, -0.15) is 13.2 Å². The van der Waals surface area contributed by atoms with Crippen molar-refractivity contribution in [1.29, 1.82) is 0 Å². The summed E-state index contributed by atoms with van der Waals surface area (Å²) in [6.45, 7) is 11.4. The maximum Gasteiger partial charge on any atom is 0.420 e. The molecule has 8 aromatic rings. The Bertz CT molecular complexity index is 2340. The van der Waals surface area contributed by atoms with Crippen molar-refractivity contribution in [3.63, 3.8) is 0 Å². The van der Waals surface area contributed by atoms with Gasteiger partial charge in [-0.15, -0.1) is 0 Å². The zero-order valence-corrected chi connectivity index (χ0v) is 27.5. The van der Waals surface area contributed by atoms with Crippen LogP contribution < -0.4 is 0 Å². The fourth-order valence-corrected chi connectivity index (χ4v) is 7.13. The molecule has 48 heavy (non-hydrogen) atoms. The van der Waals surface area contributed by atoms with Crippen LogP contribution in [-0.2, 0) is 6.18 Å². The van der Waals surface area contributed by atoms with Crippen LogP contribution in [0, 0.1) is 41.5 Å². The minimum atomic E-state index is -4.73. The van der Waals surface area contributed by atoms with Crippen LogP contribution in [0.25, 0.3) is 66.4 Å². The third-order valence-electron chi connectivity index (χ3n) is 9.14. The summed E-state index contributed by atoms with van der Waals surface area (Å²) in [6, 6.07) is 27.0. The molecule has 0 radical (unpaired) electrons. The van der Waals surface area contributed by atoms with Crippen molar-refractivity contribution in [2.75, 3.05) is 0 Å². The number of hydrogen-bond donors (Lipinski definition) is 0. The molecule has 0 N–H and O–H groups in total. The van der Waals surface area contributed by atoms with Crippen molar-refractivity contribution in [2.24, 2.45) is 0 Å². The monoisotopic (exact) mass is 639 g/mol. The molecule has 3 aromatic heterocycles. The molecule has 5 nitrogen and oxygen atoms in total. The molecule has 0 aliphatic carbocycles. The van der Waals surface area contributed by atoms with Crippen LogP contribution >= 0.6 is 0 Å². The van der Waals surface area contributed by atoms with Crippen LogP contribution in [0.3, 0.4) is 0 Å². The summed E-state index contributed by atoms with van der Waals surface area (Å²) in [5.41, 5.74) is 6.33. The lowest BCUT2D eigenvalue weighted by Gasteiger charge is -2.23. The molecule has 0 aliphatic heterocycles. The van der Waals surface area contributed by atoms with Gasteiger partial charge in [0.1, 0.15) is 17.2 Å². The predicted octanol–water partition coefficient (Wildman–Crippen LogP) is 10.6. The number of alkyl halides is 3. The summed E-state index contributed by atoms with van der Waals surface area (Å²) in [4.78, 5) is 13.6. The first kappa shape index (κ1) is 29.9. The predicted molar refractivity (Wildman–Crippen MR) is 187 cm³/mol. The summed E-state index contributed by atoms with van der Waals surface area (Å²) in [5.74, 6) is 1.30. The number of halogens is 3. The maximum atomic E-state index is 16.0. The van der Waals surface area contributed by atoms with Crippen LogP contribution in [0.4, 0.5) is 13.2 Å². The average molecular weight is 640 g/mol. The Kier molecular flexibility index (Phi) is 6.54. The average Bonchev–Trinajstić information content (AvgIpc) is 3.49. The van der Waals surface area contributed by atoms with E-state index in [2.05, 4.69) is 15.0 Å². The van der Waals surface area contributed by atoms with E-state index in [1.165, 1.54) is 0 Å². The molecule has 8 rings (SSSR count). The Labute approximate surface area is 275 Å². The molecule has 0 atom stereocenters. The molecule has 0 fully saturated rings. The second-order valence-electron chi connectivity index (χ2n) is 12.9. The Hall–Kier alpha value is -5.50. The lowest BCUT2D eigenvalue weighted by atomic mass is 10.0. The molecule has 3 heterocycles. The molecular weight excluding hydrogens is 607 g/mol. The largest absolute Gasteiger partial charge is 0.420 e. The van der Waals surface area contributed by atoms with Crippen LogP contribution in [0.2, 0.25) is 0 Å². The standard InChI is InChI=1S/C40H32F3N5/c1-21-7-11-28-29-12-8-22(2)16-33(29)47(32(28)15-21)36-19-27(39-45-25(5)44-26(6)46-39)20-37(38(36)40(41,42)43)48-34-17-23(3)9-13-30(34)31-14-10-24(4)18-35(31)48/h7-20H,1-6H3. The minimum Gasteiger partial charge on any atom is -0.309 e. The molecule has 0 bridgehead atoms. The molecule has 0 unspecified atom stereocenters. The van der Waals surface area contributed by atoms with Gasteiger partial charge in [0.25, 0.3) is 0 Å². The molecule has 8 heteroatoms. The number of fused-ring (bicyclic) bond motifs is 6. The van der Waals surface area contributed by atoms with Crippen molar-refractivity contribution in [3.8, 4) is 22.8 Å². The number of aromatic nitrogens is 5. The minimum absolute atomic E-state index is 0.0113. The SMILES string of the molecule is Cc1ccc2c3ccc(C)cc3n(-c3cc(-c4nc(C)nc(C)n4)cc(-n4c5cc(C)ccc5c5ccc(C)cc54)c3C(F)(F)F)c2c1. The van der Waals surface area contributed by atoms with Crippen LogP contribution in [0.5, 0.6) is 0 Å². The van der Waals surface area contributed by atoms with E-state index < -0.39 is 11.7 Å². The first-order valence-electron chi connectivity index (χ1n) is 15.9. The molecule has 0 spiro atoms. The molecule has 238 valence electrons. The van der Waals surface area contributed by atoms with E-state index in [0.717, 1.165) is 43.8 Å². The van der Waals surface area contributed by atoms with Crippen molar-refractivity contribution in [3.05, 3.63) is 124 Å². The lowest BCUT2D eigenvalue weighted by molar-refractivity contribution is -0.137. The fourth-order valence-electron chi connectivity index (χ4n) is 7.13. The second kappa shape index (κ2) is 10.5. The van der Waals surface area contributed by atoms with Gasteiger partial charge in [-0.1, -0.05) is 48.5 Å². The zero-order chi connectivity index (χ0) is 33.6. The van der Waals surface area contributed by atoms with Gasteiger partial charge in [0.15, 0.2) is 5.82 Å². The molecule has 0 aliphatic rings. The maximum absolute atomic E-state index is 16.0. The van der Waals surface area contributed by atoms with E-state index in [1.54, 1.807) is 35.1 Å². The number of rotatable bonds is 3. The number of hydrogen-bond acceptors (Lipinski definition) is 3. The zero-order valence-electron chi connectivity index (χ0n) is 27.5. The van der Waals surface area contributed by atoms with Crippen molar-refractivity contribution in [1.82, 2.24) is 24.1 Å². The van der Waals surface area contributed by atoms with Gasteiger partial charge in [-0.3, -0.25) is 0 Å². The molecule has 5 aromatic carbocycles. The highest BCUT2D eigenvalue weighted by Gasteiger charge is 2.39. The highest BCUT2D eigenvalue weighted by atomic mass is 19.4. The van der Waals surface area contributed by atoms with E-state index in [0.29, 0.717) is 45.1 Å². The van der Waals surface area contributed by atoms with Gasteiger partial charge >= 0.3 is 6.18 Å². The van der Waals surface area contributed by atoms with Gasteiger partial charge in [-0.05, 0) is 100 Å². The highest BCUT2D eigenvalue weighted by Crippen LogP contribution is 2.46. The van der Waals surface area contributed by atoms with Crippen molar-refractivity contribution < 1.29 is 13.2 Å². The van der Waals surface area contributed by atoms with Crippen molar-refractivity contribution in [2.45, 2.75) is 47.7 Å². The van der Waals surface area contributed by atoms with Gasteiger partial charge in [0.2, 0.25) is 0 Å². The smallest absolute Gasteiger partial charge is 0.309 e. The highest BCUT2D eigenvalue weighted by molar-refractivity contribution is 6.11. The van der Waals surface area contributed by atoms with Crippen molar-refractivity contribution >= 4 is 43.6 Å². The van der Waals surface area contributed by atoms with Crippen LogP contribution in [0.15, 0.2) is 84.9 Å². The van der Waals surface area contributed by atoms with Crippen LogP contribution in [0.1, 0.15) is 39.5 Å². The number of benzene rings is 5. The normalized spacial score (nSPS) is 12.3. The third kappa shape index (κ3) is 4.66. The molecule has 0 saturated carbocycles. The second-order valence-corrected chi connectivity index (χ2v) is 12.9. The summed E-state index contributed by atoms with van der Waals surface area (Å²) in [7, 11) is 0. The number of nitrogens with zero attached hydrogens (tertiary/aromatic N) is 5. The topological polar surface area (TPSA) is 48.5 Å². The van der Waals surface area contributed by atoms with Gasteiger partial charge in [0, 0.05) is 27.1 Å². The van der Waals surface area contributed by atoms with Gasteiger partial charge < -0.3 is 9.13 Å². The Morgan fingerprint density at radius 1 is 0.458 bits per heavy atom. The van der Waals surface area contributed by atoms with Gasteiger partial charge in [-0.25, -0.2) is 15.0 Å². The molecule has 0 amide bonds. The Morgan fingerprint density at radius 2 is 0.792 bits per heavy atom. The molecule has 0 saturated heterocycles. The number of aryl methyl sites for hydroxylation is 6. The first-order valence-corrected chi connectivity index (χ1v) is 15.9. The quantitative estimate of drug-likeness (QED) is 0.193. The molecular formula is C40H32F3N5. The Morgan fingerprint density at radius 3 is 1.10 bits per heavy atom. The fraction of sp³-hybridized carbons (Fsp3) is 0.175. The lowest BCUT2D eigenvalue weighted by Crippen LogP contribution is -2.16. The van der Waals surface area contributed by atoms with E-state index >= 15 is 13.2 Å². The summed E-state index contributed by atoms with van der Waals surface area (Å²) in [6.07, 6.45) is -4.73. The third-order valence-corrected chi connectivity index (χ3v) is 9.14. The summed E-state index contributed by atoms with van der Waals surface area (Å²) >= 11 is 0. The van der Waals surface area contributed by atoms with Gasteiger partial charge in [0.05, 0.1) is 33.4 Å². The summed E-state index contributed by atoms with van der Waals surface area (Å²) < 4.78 is 51.6.